The van der Waals surface area contributed by atoms with Crippen molar-refractivity contribution in [1.29, 1.82) is 0 Å². The van der Waals surface area contributed by atoms with Gasteiger partial charge in [0.05, 0.1) is 12.6 Å². The summed E-state index contributed by atoms with van der Waals surface area (Å²) in [5.41, 5.74) is 0. The highest BCUT2D eigenvalue weighted by Crippen LogP contribution is 2.13. The van der Waals surface area contributed by atoms with Crippen molar-refractivity contribution in [3.05, 3.63) is 0 Å². The quantitative estimate of drug-likeness (QED) is 0.519. The zero-order chi connectivity index (χ0) is 5.11. The molecular formula is C6H14N+. The number of rotatable bonds is 3. The molecule has 0 aliphatic heterocycles. The lowest BCUT2D eigenvalue weighted by Gasteiger charge is -1.91. The van der Waals surface area contributed by atoms with Gasteiger partial charge in [-0.25, -0.2) is 0 Å². The summed E-state index contributed by atoms with van der Waals surface area (Å²) in [5.74, 6) is 0. The predicted octanol–water partition coefficient (Wildman–Crippen LogP) is 0.122. The second-order valence-electron chi connectivity index (χ2n) is 2.36. The van der Waals surface area contributed by atoms with Crippen molar-refractivity contribution >= 4 is 0 Å². The lowest BCUT2D eigenvalue weighted by atomic mass is 10.5. The van der Waals surface area contributed by atoms with Crippen molar-refractivity contribution in [3.8, 4) is 0 Å². The van der Waals surface area contributed by atoms with E-state index in [2.05, 4.69) is 12.2 Å². The maximum absolute atomic E-state index is 2.46. The molecule has 1 saturated carbocycles. The minimum atomic E-state index is 1.03. The third-order valence-electron chi connectivity index (χ3n) is 1.41. The maximum atomic E-state index is 2.46. The van der Waals surface area contributed by atoms with Crippen molar-refractivity contribution in [2.45, 2.75) is 32.2 Å². The van der Waals surface area contributed by atoms with Crippen LogP contribution in [0.2, 0.25) is 0 Å². The molecule has 1 aliphatic carbocycles. The van der Waals surface area contributed by atoms with Crippen LogP contribution in [0.4, 0.5) is 0 Å². The predicted molar refractivity (Wildman–Crippen MR) is 30.1 cm³/mol. The minimum absolute atomic E-state index is 1.03. The van der Waals surface area contributed by atoms with Crippen molar-refractivity contribution in [1.82, 2.24) is 0 Å². The summed E-state index contributed by atoms with van der Waals surface area (Å²) in [7, 11) is 0. The minimum Gasteiger partial charge on any atom is -0.344 e. The Balaban J connectivity index is 1.80. The summed E-state index contributed by atoms with van der Waals surface area (Å²) in [6, 6.07) is 1.03. The first kappa shape index (κ1) is 5.10. The summed E-state index contributed by atoms with van der Waals surface area (Å²) < 4.78 is 0. The van der Waals surface area contributed by atoms with Gasteiger partial charge in [-0.2, -0.15) is 0 Å². The van der Waals surface area contributed by atoms with Gasteiger partial charge in [0, 0.05) is 12.8 Å². The third kappa shape index (κ3) is 1.93. The van der Waals surface area contributed by atoms with Crippen LogP contribution in [0.3, 0.4) is 0 Å². The van der Waals surface area contributed by atoms with E-state index in [1.54, 1.807) is 0 Å². The average molecular weight is 100 g/mol. The van der Waals surface area contributed by atoms with Gasteiger partial charge in [-0.1, -0.05) is 6.92 Å². The van der Waals surface area contributed by atoms with Gasteiger partial charge in [0.25, 0.3) is 0 Å². The molecular weight excluding hydrogens is 86.1 g/mol. The van der Waals surface area contributed by atoms with Crippen molar-refractivity contribution in [2.75, 3.05) is 6.54 Å². The molecule has 1 nitrogen and oxygen atoms in total. The van der Waals surface area contributed by atoms with E-state index in [4.69, 9.17) is 0 Å². The Hall–Kier alpha value is -0.0400. The van der Waals surface area contributed by atoms with Gasteiger partial charge in [-0.15, -0.1) is 0 Å². The molecule has 0 aromatic heterocycles. The third-order valence-corrected chi connectivity index (χ3v) is 1.41. The van der Waals surface area contributed by atoms with Gasteiger partial charge in [0.1, 0.15) is 0 Å². The van der Waals surface area contributed by atoms with E-state index in [1.165, 1.54) is 25.8 Å². The first-order valence-corrected chi connectivity index (χ1v) is 3.27. The highest BCUT2D eigenvalue weighted by atomic mass is 14.9. The van der Waals surface area contributed by atoms with E-state index in [0.717, 1.165) is 6.04 Å². The average Bonchev–Trinajstić information content (AvgIpc) is 2.42. The van der Waals surface area contributed by atoms with E-state index in [1.807, 2.05) is 0 Å². The van der Waals surface area contributed by atoms with E-state index in [9.17, 15) is 0 Å². The topological polar surface area (TPSA) is 16.6 Å². The maximum Gasteiger partial charge on any atom is 0.0863 e. The standard InChI is InChI=1S/C6H13N/c1-2-5-7-6-3-4-6/h6-7H,2-5H2,1H3/p+1. The number of quaternary nitrogens is 1. The normalized spacial score (nSPS) is 20.1. The first-order valence-electron chi connectivity index (χ1n) is 3.27. The second-order valence-corrected chi connectivity index (χ2v) is 2.36. The molecule has 0 radical (unpaired) electrons. The van der Waals surface area contributed by atoms with Gasteiger partial charge < -0.3 is 5.32 Å². The van der Waals surface area contributed by atoms with Crippen LogP contribution in [0.15, 0.2) is 0 Å². The van der Waals surface area contributed by atoms with Gasteiger partial charge in [-0.3, -0.25) is 0 Å². The fourth-order valence-electron chi connectivity index (χ4n) is 0.734. The van der Waals surface area contributed by atoms with E-state index in [-0.39, 0.29) is 0 Å². The summed E-state index contributed by atoms with van der Waals surface area (Å²) in [5, 5.41) is 2.46. The molecule has 0 saturated heterocycles. The molecule has 0 spiro atoms. The number of hydrogen-bond acceptors (Lipinski definition) is 0. The molecule has 0 aromatic rings. The van der Waals surface area contributed by atoms with Crippen LogP contribution in [0.25, 0.3) is 0 Å². The van der Waals surface area contributed by atoms with Crippen LogP contribution >= 0.6 is 0 Å². The summed E-state index contributed by atoms with van der Waals surface area (Å²) in [4.78, 5) is 0. The molecule has 1 aliphatic rings. The molecule has 1 rings (SSSR count). The first-order chi connectivity index (χ1) is 3.43. The molecule has 0 amide bonds. The molecule has 0 aromatic carbocycles. The smallest absolute Gasteiger partial charge is 0.0863 e. The summed E-state index contributed by atoms with van der Waals surface area (Å²) in [6.45, 7) is 3.57. The van der Waals surface area contributed by atoms with Crippen LogP contribution in [0.5, 0.6) is 0 Å². The monoisotopic (exact) mass is 100 g/mol. The van der Waals surface area contributed by atoms with Crippen molar-refractivity contribution in [2.24, 2.45) is 0 Å². The van der Waals surface area contributed by atoms with Gasteiger partial charge in [0.15, 0.2) is 0 Å². The zero-order valence-electron chi connectivity index (χ0n) is 4.98. The van der Waals surface area contributed by atoms with Gasteiger partial charge >= 0.3 is 0 Å². The Kier molecular flexibility index (Phi) is 1.69. The van der Waals surface area contributed by atoms with E-state index < -0.39 is 0 Å². The highest BCUT2D eigenvalue weighted by molar-refractivity contribution is 4.68. The largest absolute Gasteiger partial charge is 0.344 e. The van der Waals surface area contributed by atoms with E-state index in [0.29, 0.717) is 0 Å². The Morgan fingerprint density at radius 2 is 2.29 bits per heavy atom. The molecule has 0 heterocycles. The number of hydrogen-bond donors (Lipinski definition) is 1. The SMILES string of the molecule is CCC[NH2+]C1CC1. The molecule has 0 bridgehead atoms. The Morgan fingerprint density at radius 1 is 1.57 bits per heavy atom. The van der Waals surface area contributed by atoms with Crippen molar-refractivity contribution in [3.63, 3.8) is 0 Å². The second kappa shape index (κ2) is 2.31. The van der Waals surface area contributed by atoms with Crippen LogP contribution in [-0.4, -0.2) is 12.6 Å². The lowest BCUT2D eigenvalue weighted by Crippen LogP contribution is -2.85. The van der Waals surface area contributed by atoms with Gasteiger partial charge in [-0.05, 0) is 6.42 Å². The highest BCUT2D eigenvalue weighted by Gasteiger charge is 2.23. The fraction of sp³-hybridized carbons (Fsp3) is 1.00. The van der Waals surface area contributed by atoms with E-state index >= 15 is 0 Å². The fourth-order valence-corrected chi connectivity index (χ4v) is 0.734. The van der Waals surface area contributed by atoms with Crippen LogP contribution in [-0.2, 0) is 0 Å². The molecule has 7 heavy (non-hydrogen) atoms. The van der Waals surface area contributed by atoms with Crippen LogP contribution in [0.1, 0.15) is 26.2 Å². The molecule has 0 atom stereocenters. The molecule has 1 heteroatoms. The van der Waals surface area contributed by atoms with Gasteiger partial charge in [0.2, 0.25) is 0 Å². The lowest BCUT2D eigenvalue weighted by molar-refractivity contribution is -0.668. The Labute approximate surface area is 45.1 Å². The zero-order valence-corrected chi connectivity index (χ0v) is 4.98. The Morgan fingerprint density at radius 3 is 2.71 bits per heavy atom. The Bertz CT molecular complexity index is 48.1. The van der Waals surface area contributed by atoms with Crippen molar-refractivity contribution < 1.29 is 5.32 Å². The van der Waals surface area contributed by atoms with Crippen LogP contribution < -0.4 is 5.32 Å². The summed E-state index contributed by atoms with van der Waals surface area (Å²) in [6.07, 6.45) is 4.27. The molecule has 2 N–H and O–H groups in total. The number of nitrogens with two attached hydrogens (primary N) is 1. The van der Waals surface area contributed by atoms with Crippen LogP contribution in [0, 0.1) is 0 Å². The molecule has 42 valence electrons. The summed E-state index contributed by atoms with van der Waals surface area (Å²) >= 11 is 0. The molecule has 1 fully saturated rings. The molecule has 0 unspecified atom stereocenters.